The van der Waals surface area contributed by atoms with Crippen LogP contribution in [0.2, 0.25) is 0 Å². The Bertz CT molecular complexity index is 73.8. The van der Waals surface area contributed by atoms with Crippen LogP contribution in [-0.2, 0) is 16.2 Å². The molecule has 6 heteroatoms. The first-order chi connectivity index (χ1) is 3.46. The molecule has 0 N–H and O–H groups in total. The third-order valence-corrected chi connectivity index (χ3v) is 0. The second-order valence-electron chi connectivity index (χ2n) is 1.11. The molecule has 0 aliphatic carbocycles. The molecule has 0 spiro atoms. The third-order valence-electron chi connectivity index (χ3n) is 0. The number of carbonyl (C=O) groups is 1. The van der Waals surface area contributed by atoms with Gasteiger partial charge in [0, 0.05) is 0 Å². The SMILES string of the molecule is CC(C)=O.O=S([O-])[O-].[Na+]. The summed E-state index contributed by atoms with van der Waals surface area (Å²) >= 11 is -3.11. The molecule has 4 nitrogen and oxygen atoms in total. The summed E-state index contributed by atoms with van der Waals surface area (Å²) in [6, 6.07) is 0. The van der Waals surface area contributed by atoms with Gasteiger partial charge >= 0.3 is 29.6 Å². The first-order valence-electron chi connectivity index (χ1n) is 1.70. The minimum atomic E-state index is -3.11. The van der Waals surface area contributed by atoms with Crippen LogP contribution in [0.1, 0.15) is 13.8 Å². The molecule has 50 valence electrons. The van der Waals surface area contributed by atoms with Gasteiger partial charge in [0.15, 0.2) is 0 Å². The summed E-state index contributed by atoms with van der Waals surface area (Å²) in [5.74, 6) is 0.167. The van der Waals surface area contributed by atoms with Crippen LogP contribution in [0.3, 0.4) is 0 Å². The van der Waals surface area contributed by atoms with Crippen LogP contribution >= 0.6 is 0 Å². The Morgan fingerprint density at radius 1 is 1.33 bits per heavy atom. The van der Waals surface area contributed by atoms with Crippen LogP contribution in [0.25, 0.3) is 0 Å². The predicted molar refractivity (Wildman–Crippen MR) is 26.1 cm³/mol. The minimum Gasteiger partial charge on any atom is -0.784 e. The van der Waals surface area contributed by atoms with E-state index in [9.17, 15) is 4.79 Å². The van der Waals surface area contributed by atoms with E-state index in [1.165, 1.54) is 13.8 Å². The van der Waals surface area contributed by atoms with E-state index in [4.69, 9.17) is 13.3 Å². The Labute approximate surface area is 78.4 Å². The molecule has 0 aromatic carbocycles. The number of rotatable bonds is 0. The van der Waals surface area contributed by atoms with Gasteiger partial charge in [-0.2, -0.15) is 0 Å². The van der Waals surface area contributed by atoms with Gasteiger partial charge in [-0.15, -0.1) is 11.4 Å². The van der Waals surface area contributed by atoms with Gasteiger partial charge < -0.3 is 13.9 Å². The van der Waals surface area contributed by atoms with Crippen molar-refractivity contribution >= 4 is 17.1 Å². The van der Waals surface area contributed by atoms with Crippen molar-refractivity contribution in [3.63, 3.8) is 0 Å². The molecular weight excluding hydrogens is 155 g/mol. The predicted octanol–water partition coefficient (Wildman–Crippen LogP) is -3.40. The standard InChI is InChI=1S/C3H6O.Na.H2O3S/c1-3(2)4;;1-4(2)3/h1-2H3;;(H2,1,2,3)/q;+1;/p-2. The average Bonchev–Trinajstić information content (AvgIpc) is 1.25. The quantitative estimate of drug-likeness (QED) is 0.274. The summed E-state index contributed by atoms with van der Waals surface area (Å²) in [6.07, 6.45) is 0. The number of hydrogen-bond donors (Lipinski definition) is 0. The maximum atomic E-state index is 9.44. The van der Waals surface area contributed by atoms with Crippen molar-refractivity contribution in [2.45, 2.75) is 13.8 Å². The molecule has 0 aliphatic heterocycles. The first-order valence-corrected chi connectivity index (χ1v) is 2.70. The summed E-state index contributed by atoms with van der Waals surface area (Å²) in [6.45, 7) is 3.06. The van der Waals surface area contributed by atoms with E-state index in [0.29, 0.717) is 0 Å². The van der Waals surface area contributed by atoms with Gasteiger partial charge in [-0.3, -0.25) is 4.21 Å². The number of hydrogen-bond acceptors (Lipinski definition) is 4. The summed E-state index contributed by atoms with van der Waals surface area (Å²) < 4.78 is 25.3. The molecule has 0 bridgehead atoms. The second-order valence-corrected chi connectivity index (χ2v) is 1.52. The van der Waals surface area contributed by atoms with Gasteiger partial charge in [0.2, 0.25) is 0 Å². The topological polar surface area (TPSA) is 80.3 Å². The zero-order valence-electron chi connectivity index (χ0n) is 5.54. The van der Waals surface area contributed by atoms with Crippen molar-refractivity contribution in [1.82, 2.24) is 0 Å². The fourth-order valence-electron chi connectivity index (χ4n) is 0. The Morgan fingerprint density at radius 3 is 1.33 bits per heavy atom. The maximum Gasteiger partial charge on any atom is 1.00 e. The Hall–Kier alpha value is 0.740. The molecule has 0 saturated heterocycles. The van der Waals surface area contributed by atoms with Gasteiger partial charge in [-0.05, 0) is 13.8 Å². The van der Waals surface area contributed by atoms with Crippen molar-refractivity contribution in [2.24, 2.45) is 0 Å². The van der Waals surface area contributed by atoms with Crippen molar-refractivity contribution < 1.29 is 47.7 Å². The molecule has 0 rings (SSSR count). The van der Waals surface area contributed by atoms with E-state index < -0.39 is 11.4 Å². The number of carbonyl (C=O) groups excluding carboxylic acids is 1. The third kappa shape index (κ3) is 725. The summed E-state index contributed by atoms with van der Waals surface area (Å²) in [4.78, 5) is 9.44. The van der Waals surface area contributed by atoms with Gasteiger partial charge in [0.1, 0.15) is 5.78 Å². The fourth-order valence-corrected chi connectivity index (χ4v) is 0. The van der Waals surface area contributed by atoms with Crippen molar-refractivity contribution in [3.8, 4) is 0 Å². The molecule has 0 fully saturated rings. The molecule has 0 saturated carbocycles. The molecule has 9 heavy (non-hydrogen) atoms. The van der Waals surface area contributed by atoms with Crippen LogP contribution in [0.4, 0.5) is 0 Å². The molecule has 0 amide bonds. The zero-order chi connectivity index (χ0) is 7.15. The smallest absolute Gasteiger partial charge is 0.784 e. The first kappa shape index (κ1) is 16.4. The van der Waals surface area contributed by atoms with Gasteiger partial charge in [-0.25, -0.2) is 0 Å². The second kappa shape index (κ2) is 11.5. The van der Waals surface area contributed by atoms with Crippen molar-refractivity contribution in [2.75, 3.05) is 0 Å². The molecule has 0 heterocycles. The van der Waals surface area contributed by atoms with Gasteiger partial charge in [0.05, 0.1) is 0 Å². The Balaban J connectivity index is -0.0000000720. The molecular formula is C3H6NaO4S-. The number of ketones is 1. The Morgan fingerprint density at radius 2 is 1.33 bits per heavy atom. The van der Waals surface area contributed by atoms with Crippen LogP contribution < -0.4 is 29.6 Å². The fraction of sp³-hybridized carbons (Fsp3) is 0.667. The van der Waals surface area contributed by atoms with Crippen molar-refractivity contribution in [1.29, 1.82) is 0 Å². The maximum absolute atomic E-state index is 9.44. The van der Waals surface area contributed by atoms with E-state index in [1.54, 1.807) is 0 Å². The molecule has 0 radical (unpaired) electrons. The van der Waals surface area contributed by atoms with E-state index in [-0.39, 0.29) is 35.3 Å². The zero-order valence-corrected chi connectivity index (χ0v) is 8.36. The molecule has 0 unspecified atom stereocenters. The van der Waals surface area contributed by atoms with Crippen LogP contribution in [0.5, 0.6) is 0 Å². The van der Waals surface area contributed by atoms with E-state index >= 15 is 0 Å². The van der Waals surface area contributed by atoms with Crippen LogP contribution in [0, 0.1) is 0 Å². The Kier molecular flexibility index (Phi) is 21.0. The molecule has 0 aromatic rings. The van der Waals surface area contributed by atoms with Gasteiger partial charge in [-0.1, -0.05) is 0 Å². The summed E-state index contributed by atoms with van der Waals surface area (Å²) in [5.41, 5.74) is 0. The van der Waals surface area contributed by atoms with Gasteiger partial charge in [0.25, 0.3) is 0 Å². The minimum absolute atomic E-state index is 0. The monoisotopic (exact) mass is 161 g/mol. The van der Waals surface area contributed by atoms with Crippen LogP contribution in [-0.4, -0.2) is 19.1 Å². The summed E-state index contributed by atoms with van der Waals surface area (Å²) in [7, 11) is 0. The number of Topliss-reactive ketones (excluding diaryl/α,β-unsaturated/α-hetero) is 1. The summed E-state index contributed by atoms with van der Waals surface area (Å²) in [5, 5.41) is 0. The molecule has 0 aliphatic rings. The largest absolute Gasteiger partial charge is 1.00 e. The van der Waals surface area contributed by atoms with Crippen LogP contribution in [0.15, 0.2) is 0 Å². The molecule has 0 aromatic heterocycles. The van der Waals surface area contributed by atoms with E-state index in [2.05, 4.69) is 0 Å². The van der Waals surface area contributed by atoms with E-state index in [0.717, 1.165) is 0 Å². The average molecular weight is 161 g/mol. The molecule has 0 atom stereocenters. The normalized spacial score (nSPS) is 6.78. The van der Waals surface area contributed by atoms with Crippen molar-refractivity contribution in [3.05, 3.63) is 0 Å². The van der Waals surface area contributed by atoms with E-state index in [1.807, 2.05) is 0 Å².